The zero-order valence-electron chi connectivity index (χ0n) is 9.78. The first kappa shape index (κ1) is 13.6. The lowest BCUT2D eigenvalue weighted by Gasteiger charge is -2.14. The quantitative estimate of drug-likeness (QED) is 0.781. The summed E-state index contributed by atoms with van der Waals surface area (Å²) in [6.07, 6.45) is -0.445. The lowest BCUT2D eigenvalue weighted by Crippen LogP contribution is -2.29. The Morgan fingerprint density at radius 3 is 2.81 bits per heavy atom. The molecule has 3 nitrogen and oxygen atoms in total. The lowest BCUT2D eigenvalue weighted by atomic mass is 10.1. The van der Waals surface area contributed by atoms with Crippen molar-refractivity contribution in [3.8, 4) is 0 Å². The highest BCUT2D eigenvalue weighted by Gasteiger charge is 2.06. The number of benzene rings is 1. The number of rotatable bonds is 6. The zero-order valence-corrected chi connectivity index (χ0v) is 11.4. The van der Waals surface area contributed by atoms with E-state index in [1.807, 2.05) is 38.4 Å². The van der Waals surface area contributed by atoms with Crippen molar-refractivity contribution in [3.63, 3.8) is 0 Å². The first-order valence-corrected chi connectivity index (χ1v) is 6.18. The van der Waals surface area contributed by atoms with E-state index in [0.29, 0.717) is 6.54 Å². The molecule has 0 saturated heterocycles. The Hall–Kier alpha value is -0.420. The van der Waals surface area contributed by atoms with Gasteiger partial charge in [-0.25, -0.2) is 0 Å². The predicted octanol–water partition coefficient (Wildman–Crippen LogP) is 1.63. The molecular formula is C12H19BrN2O. The molecule has 1 rings (SSSR count). The highest BCUT2D eigenvalue weighted by atomic mass is 79.9. The van der Waals surface area contributed by atoms with Crippen molar-refractivity contribution in [2.24, 2.45) is 0 Å². The van der Waals surface area contributed by atoms with Gasteiger partial charge in [-0.3, -0.25) is 0 Å². The van der Waals surface area contributed by atoms with Crippen molar-refractivity contribution in [1.29, 1.82) is 0 Å². The SMILES string of the molecule is CN(C)CCNCC(O)c1cccc(Br)c1. The minimum absolute atomic E-state index is 0.445. The summed E-state index contributed by atoms with van der Waals surface area (Å²) in [5.74, 6) is 0. The molecule has 16 heavy (non-hydrogen) atoms. The molecule has 1 atom stereocenters. The molecule has 1 aromatic carbocycles. The van der Waals surface area contributed by atoms with Gasteiger partial charge in [0.25, 0.3) is 0 Å². The Morgan fingerprint density at radius 1 is 1.44 bits per heavy atom. The maximum absolute atomic E-state index is 9.91. The monoisotopic (exact) mass is 286 g/mol. The number of aliphatic hydroxyl groups excluding tert-OH is 1. The Bertz CT molecular complexity index is 318. The van der Waals surface area contributed by atoms with Crippen molar-refractivity contribution in [2.45, 2.75) is 6.10 Å². The Kier molecular flexibility index (Phi) is 5.98. The summed E-state index contributed by atoms with van der Waals surface area (Å²) in [5.41, 5.74) is 0.937. The van der Waals surface area contributed by atoms with Gasteiger partial charge in [-0.05, 0) is 31.8 Å². The third kappa shape index (κ3) is 5.07. The summed E-state index contributed by atoms with van der Waals surface area (Å²) in [5, 5.41) is 13.1. The van der Waals surface area contributed by atoms with Crippen molar-refractivity contribution >= 4 is 15.9 Å². The molecule has 0 aliphatic carbocycles. The van der Waals surface area contributed by atoms with Crippen LogP contribution in [-0.4, -0.2) is 43.7 Å². The molecule has 2 N–H and O–H groups in total. The van der Waals surface area contributed by atoms with Crippen LogP contribution in [-0.2, 0) is 0 Å². The first-order valence-electron chi connectivity index (χ1n) is 5.38. The van der Waals surface area contributed by atoms with Crippen LogP contribution in [0.1, 0.15) is 11.7 Å². The molecule has 0 amide bonds. The van der Waals surface area contributed by atoms with E-state index in [1.54, 1.807) is 0 Å². The van der Waals surface area contributed by atoms with Gasteiger partial charge >= 0.3 is 0 Å². The van der Waals surface area contributed by atoms with E-state index in [2.05, 4.69) is 26.1 Å². The average Bonchev–Trinajstić information content (AvgIpc) is 2.24. The van der Waals surface area contributed by atoms with Crippen molar-refractivity contribution in [1.82, 2.24) is 10.2 Å². The van der Waals surface area contributed by atoms with Crippen LogP contribution in [0.3, 0.4) is 0 Å². The van der Waals surface area contributed by atoms with E-state index in [9.17, 15) is 5.11 Å². The van der Waals surface area contributed by atoms with E-state index in [-0.39, 0.29) is 0 Å². The topological polar surface area (TPSA) is 35.5 Å². The van der Waals surface area contributed by atoms with Crippen LogP contribution in [0.15, 0.2) is 28.7 Å². The van der Waals surface area contributed by atoms with E-state index >= 15 is 0 Å². The average molecular weight is 287 g/mol. The fourth-order valence-corrected chi connectivity index (χ4v) is 1.79. The molecule has 0 spiro atoms. The minimum atomic E-state index is -0.445. The summed E-state index contributed by atoms with van der Waals surface area (Å²) in [6.45, 7) is 2.45. The summed E-state index contributed by atoms with van der Waals surface area (Å²) in [4.78, 5) is 2.11. The minimum Gasteiger partial charge on any atom is -0.387 e. The van der Waals surface area contributed by atoms with E-state index < -0.39 is 6.10 Å². The predicted molar refractivity (Wildman–Crippen MR) is 70.5 cm³/mol. The van der Waals surface area contributed by atoms with Crippen LogP contribution >= 0.6 is 15.9 Å². The largest absolute Gasteiger partial charge is 0.387 e. The molecule has 0 bridgehead atoms. The van der Waals surface area contributed by atoms with Crippen molar-refractivity contribution in [2.75, 3.05) is 33.7 Å². The second-order valence-electron chi connectivity index (χ2n) is 4.08. The number of nitrogens with one attached hydrogen (secondary N) is 1. The number of hydrogen-bond donors (Lipinski definition) is 2. The molecule has 0 aliphatic heterocycles. The molecule has 0 radical (unpaired) electrons. The van der Waals surface area contributed by atoms with Gasteiger partial charge in [-0.15, -0.1) is 0 Å². The Balaban J connectivity index is 2.32. The molecular weight excluding hydrogens is 268 g/mol. The second-order valence-corrected chi connectivity index (χ2v) is 4.99. The molecule has 90 valence electrons. The fourth-order valence-electron chi connectivity index (χ4n) is 1.37. The number of hydrogen-bond acceptors (Lipinski definition) is 3. The number of halogens is 1. The third-order valence-corrected chi connectivity index (χ3v) is 2.80. The second kappa shape index (κ2) is 7.01. The van der Waals surface area contributed by atoms with Crippen LogP contribution in [0, 0.1) is 0 Å². The van der Waals surface area contributed by atoms with Crippen molar-refractivity contribution < 1.29 is 5.11 Å². The first-order chi connectivity index (χ1) is 7.59. The van der Waals surface area contributed by atoms with Gasteiger partial charge in [0, 0.05) is 24.1 Å². The highest BCUT2D eigenvalue weighted by molar-refractivity contribution is 9.10. The summed E-state index contributed by atoms with van der Waals surface area (Å²) in [7, 11) is 4.07. The van der Waals surface area contributed by atoms with Gasteiger partial charge in [0.1, 0.15) is 0 Å². The third-order valence-electron chi connectivity index (χ3n) is 2.31. The Morgan fingerprint density at radius 2 is 2.19 bits per heavy atom. The van der Waals surface area contributed by atoms with E-state index in [1.165, 1.54) is 0 Å². The van der Waals surface area contributed by atoms with Gasteiger partial charge in [-0.2, -0.15) is 0 Å². The standard InChI is InChI=1S/C12H19BrN2O/c1-15(2)7-6-14-9-12(16)10-4-3-5-11(13)8-10/h3-5,8,12,14,16H,6-7,9H2,1-2H3. The van der Waals surface area contributed by atoms with E-state index in [0.717, 1.165) is 23.1 Å². The van der Waals surface area contributed by atoms with Gasteiger partial charge in [0.15, 0.2) is 0 Å². The van der Waals surface area contributed by atoms with Crippen LogP contribution in [0.5, 0.6) is 0 Å². The van der Waals surface area contributed by atoms with Gasteiger partial charge < -0.3 is 15.3 Å². The zero-order chi connectivity index (χ0) is 12.0. The molecule has 1 aromatic rings. The highest BCUT2D eigenvalue weighted by Crippen LogP contribution is 2.17. The summed E-state index contributed by atoms with van der Waals surface area (Å²) >= 11 is 3.39. The van der Waals surface area contributed by atoms with Crippen LogP contribution in [0.4, 0.5) is 0 Å². The van der Waals surface area contributed by atoms with Crippen LogP contribution in [0.25, 0.3) is 0 Å². The molecule has 4 heteroatoms. The molecule has 0 aromatic heterocycles. The Labute approximate surface area is 106 Å². The molecule has 0 heterocycles. The number of likely N-dealkylation sites (N-methyl/N-ethyl adjacent to an activating group) is 1. The lowest BCUT2D eigenvalue weighted by molar-refractivity contribution is 0.173. The summed E-state index contributed by atoms with van der Waals surface area (Å²) in [6, 6.07) is 7.76. The maximum atomic E-state index is 9.91. The van der Waals surface area contributed by atoms with Crippen LogP contribution in [0.2, 0.25) is 0 Å². The van der Waals surface area contributed by atoms with Crippen molar-refractivity contribution in [3.05, 3.63) is 34.3 Å². The van der Waals surface area contributed by atoms with Gasteiger partial charge in [0.05, 0.1) is 6.10 Å². The summed E-state index contributed by atoms with van der Waals surface area (Å²) < 4.78 is 0.998. The smallest absolute Gasteiger partial charge is 0.0914 e. The van der Waals surface area contributed by atoms with Gasteiger partial charge in [-0.1, -0.05) is 28.1 Å². The van der Waals surface area contributed by atoms with Crippen LogP contribution < -0.4 is 5.32 Å². The van der Waals surface area contributed by atoms with E-state index in [4.69, 9.17) is 0 Å². The number of nitrogens with zero attached hydrogens (tertiary/aromatic N) is 1. The van der Waals surface area contributed by atoms with Gasteiger partial charge in [0.2, 0.25) is 0 Å². The normalized spacial score (nSPS) is 13.1. The fraction of sp³-hybridized carbons (Fsp3) is 0.500. The molecule has 0 fully saturated rings. The molecule has 0 saturated carbocycles. The number of aliphatic hydroxyl groups is 1. The molecule has 0 aliphatic rings. The maximum Gasteiger partial charge on any atom is 0.0914 e. The molecule has 1 unspecified atom stereocenters.